The molecule has 0 bridgehead atoms. The van der Waals surface area contributed by atoms with Crippen LogP contribution in [0, 0.1) is 0 Å². The van der Waals surface area contributed by atoms with Gasteiger partial charge >= 0.3 is 0 Å². The summed E-state index contributed by atoms with van der Waals surface area (Å²) < 4.78 is 10.4. The minimum absolute atomic E-state index is 0.211. The van der Waals surface area contributed by atoms with Gasteiger partial charge in [0.2, 0.25) is 0 Å². The smallest absolute Gasteiger partial charge is 0.265 e. The van der Waals surface area contributed by atoms with Gasteiger partial charge < -0.3 is 19.6 Å². The Hall–Kier alpha value is -2.73. The zero-order valence-electron chi connectivity index (χ0n) is 14.0. The van der Waals surface area contributed by atoms with Crippen LogP contribution in [0.4, 0.5) is 5.69 Å². The summed E-state index contributed by atoms with van der Waals surface area (Å²) in [5.74, 6) is 0.985. The highest BCUT2D eigenvalue weighted by atomic mass is 35.5. The Labute approximate surface area is 151 Å². The minimum atomic E-state index is -0.343. The lowest BCUT2D eigenvalue weighted by molar-refractivity contribution is -0.120. The first-order chi connectivity index (χ1) is 12.1. The van der Waals surface area contributed by atoms with Gasteiger partial charge in [0.25, 0.3) is 5.91 Å². The monoisotopic (exact) mass is 362 g/mol. The number of halogens is 1. The standard InChI is InChI=1S/C18H19ClN2O4/c1-3-24-15-7-4-13(5-8-15)11-20-25-12-18(22)21-14-6-9-17(23-2)16(19)10-14/h4-11H,3,12H2,1-2H3,(H,21,22)/b20-11-. The number of benzene rings is 2. The van der Waals surface area contributed by atoms with E-state index in [2.05, 4.69) is 10.5 Å². The van der Waals surface area contributed by atoms with Crippen LogP contribution in [0.25, 0.3) is 0 Å². The Morgan fingerprint density at radius 2 is 2.00 bits per heavy atom. The molecule has 0 radical (unpaired) electrons. The molecule has 0 aliphatic carbocycles. The van der Waals surface area contributed by atoms with Crippen LogP contribution >= 0.6 is 11.6 Å². The van der Waals surface area contributed by atoms with Crippen molar-refractivity contribution in [3.8, 4) is 11.5 Å². The van der Waals surface area contributed by atoms with E-state index in [1.807, 2.05) is 31.2 Å². The van der Waals surface area contributed by atoms with Gasteiger partial charge in [0.1, 0.15) is 11.5 Å². The molecule has 0 saturated carbocycles. The molecule has 0 spiro atoms. The topological polar surface area (TPSA) is 69.2 Å². The molecule has 0 atom stereocenters. The van der Waals surface area contributed by atoms with E-state index in [1.54, 1.807) is 18.2 Å². The largest absolute Gasteiger partial charge is 0.495 e. The van der Waals surface area contributed by atoms with Gasteiger partial charge in [0.15, 0.2) is 6.61 Å². The highest BCUT2D eigenvalue weighted by Gasteiger charge is 2.06. The maximum Gasteiger partial charge on any atom is 0.265 e. The molecule has 6 nitrogen and oxygen atoms in total. The first-order valence-corrected chi connectivity index (χ1v) is 8.01. The number of methoxy groups -OCH3 is 1. The molecule has 0 aliphatic rings. The zero-order chi connectivity index (χ0) is 18.1. The Morgan fingerprint density at radius 1 is 1.24 bits per heavy atom. The van der Waals surface area contributed by atoms with Crippen molar-refractivity contribution in [1.29, 1.82) is 0 Å². The molecule has 1 N–H and O–H groups in total. The van der Waals surface area contributed by atoms with Crippen LogP contribution in [-0.2, 0) is 9.63 Å². The van der Waals surface area contributed by atoms with Crippen molar-refractivity contribution < 1.29 is 19.1 Å². The normalized spacial score (nSPS) is 10.5. The first kappa shape index (κ1) is 18.6. The molecular formula is C18H19ClN2O4. The molecule has 0 fully saturated rings. The van der Waals surface area contributed by atoms with E-state index < -0.39 is 0 Å². The van der Waals surface area contributed by atoms with Crippen molar-refractivity contribution in [2.75, 3.05) is 25.6 Å². The van der Waals surface area contributed by atoms with E-state index in [4.69, 9.17) is 25.9 Å². The number of ether oxygens (including phenoxy) is 2. The maximum atomic E-state index is 11.8. The second kappa shape index (κ2) is 9.54. The molecule has 2 aromatic carbocycles. The van der Waals surface area contributed by atoms with Crippen molar-refractivity contribution in [2.24, 2.45) is 5.16 Å². The van der Waals surface area contributed by atoms with Crippen LogP contribution in [-0.4, -0.2) is 32.4 Å². The van der Waals surface area contributed by atoms with E-state index in [-0.39, 0.29) is 12.5 Å². The second-order valence-corrected chi connectivity index (χ2v) is 5.31. The van der Waals surface area contributed by atoms with E-state index in [0.717, 1.165) is 11.3 Å². The number of nitrogens with one attached hydrogen (secondary N) is 1. The third-order valence-electron chi connectivity index (χ3n) is 3.10. The minimum Gasteiger partial charge on any atom is -0.495 e. The Balaban J connectivity index is 1.78. The van der Waals surface area contributed by atoms with E-state index in [1.165, 1.54) is 13.3 Å². The predicted molar refractivity (Wildman–Crippen MR) is 97.8 cm³/mol. The maximum absolute atomic E-state index is 11.8. The fourth-order valence-electron chi connectivity index (χ4n) is 1.95. The lowest BCUT2D eigenvalue weighted by Gasteiger charge is -2.07. The number of oxime groups is 1. The van der Waals surface area contributed by atoms with Crippen molar-refractivity contribution in [1.82, 2.24) is 0 Å². The molecule has 0 saturated heterocycles. The Bertz CT molecular complexity index is 732. The van der Waals surface area contributed by atoms with Gasteiger partial charge in [-0.15, -0.1) is 0 Å². The van der Waals surface area contributed by atoms with Gasteiger partial charge in [-0.1, -0.05) is 16.8 Å². The number of hydrogen-bond donors (Lipinski definition) is 1. The van der Waals surface area contributed by atoms with E-state index in [9.17, 15) is 4.79 Å². The Kier molecular flexibility index (Phi) is 7.10. The summed E-state index contributed by atoms with van der Waals surface area (Å²) in [5.41, 5.74) is 1.39. The van der Waals surface area contributed by atoms with Crippen molar-refractivity contribution in [3.63, 3.8) is 0 Å². The summed E-state index contributed by atoms with van der Waals surface area (Å²) in [4.78, 5) is 16.8. The fraction of sp³-hybridized carbons (Fsp3) is 0.222. The second-order valence-electron chi connectivity index (χ2n) is 4.91. The summed E-state index contributed by atoms with van der Waals surface area (Å²) in [6, 6.07) is 12.3. The number of nitrogens with zero attached hydrogens (tertiary/aromatic N) is 1. The molecule has 132 valence electrons. The molecule has 0 heterocycles. The molecular weight excluding hydrogens is 344 g/mol. The van der Waals surface area contributed by atoms with Gasteiger partial charge in [-0.05, 0) is 55.0 Å². The quantitative estimate of drug-likeness (QED) is 0.573. The van der Waals surface area contributed by atoms with Crippen molar-refractivity contribution in [3.05, 3.63) is 53.1 Å². The Morgan fingerprint density at radius 3 is 2.64 bits per heavy atom. The van der Waals surface area contributed by atoms with Gasteiger partial charge in [0, 0.05) is 5.69 Å². The van der Waals surface area contributed by atoms with Gasteiger partial charge in [-0.25, -0.2) is 0 Å². The van der Waals surface area contributed by atoms with Crippen LogP contribution in [0.5, 0.6) is 11.5 Å². The van der Waals surface area contributed by atoms with Crippen LogP contribution in [0.15, 0.2) is 47.6 Å². The number of carbonyl (C=O) groups is 1. The van der Waals surface area contributed by atoms with Gasteiger partial charge in [-0.2, -0.15) is 0 Å². The SMILES string of the molecule is CCOc1ccc(/C=N\OCC(=O)Nc2ccc(OC)c(Cl)c2)cc1. The summed E-state index contributed by atoms with van der Waals surface area (Å²) >= 11 is 6.00. The lowest BCUT2D eigenvalue weighted by atomic mass is 10.2. The van der Waals surface area contributed by atoms with Crippen molar-refractivity contribution in [2.45, 2.75) is 6.92 Å². The van der Waals surface area contributed by atoms with Crippen molar-refractivity contribution >= 4 is 29.4 Å². The molecule has 0 aliphatic heterocycles. The van der Waals surface area contributed by atoms with E-state index >= 15 is 0 Å². The highest BCUT2D eigenvalue weighted by Crippen LogP contribution is 2.27. The van der Waals surface area contributed by atoms with Gasteiger partial charge in [-0.3, -0.25) is 4.79 Å². The zero-order valence-corrected chi connectivity index (χ0v) is 14.7. The van der Waals surface area contributed by atoms with Crippen LogP contribution < -0.4 is 14.8 Å². The first-order valence-electron chi connectivity index (χ1n) is 7.64. The average Bonchev–Trinajstić information content (AvgIpc) is 2.60. The number of anilines is 1. The summed E-state index contributed by atoms with van der Waals surface area (Å²) in [6.07, 6.45) is 1.52. The lowest BCUT2D eigenvalue weighted by Crippen LogP contribution is -2.16. The van der Waals surface area contributed by atoms with Gasteiger partial charge in [0.05, 0.1) is 25.0 Å². The molecule has 0 unspecified atom stereocenters. The highest BCUT2D eigenvalue weighted by molar-refractivity contribution is 6.32. The molecule has 1 amide bonds. The summed E-state index contributed by atoms with van der Waals surface area (Å²) in [6.45, 7) is 2.33. The predicted octanol–water partition coefficient (Wildman–Crippen LogP) is 3.74. The van der Waals surface area contributed by atoms with Crippen LogP contribution in [0.2, 0.25) is 5.02 Å². The summed E-state index contributed by atoms with van der Waals surface area (Å²) in [5, 5.41) is 6.84. The molecule has 25 heavy (non-hydrogen) atoms. The third-order valence-corrected chi connectivity index (χ3v) is 3.39. The summed E-state index contributed by atoms with van der Waals surface area (Å²) in [7, 11) is 1.52. The molecule has 2 rings (SSSR count). The number of carbonyl (C=O) groups excluding carboxylic acids is 1. The van der Waals surface area contributed by atoms with E-state index in [0.29, 0.717) is 23.1 Å². The molecule has 7 heteroatoms. The average molecular weight is 363 g/mol. The van der Waals surface area contributed by atoms with Crippen LogP contribution in [0.3, 0.4) is 0 Å². The third kappa shape index (κ3) is 6.00. The number of hydrogen-bond acceptors (Lipinski definition) is 5. The molecule has 0 aromatic heterocycles. The number of rotatable bonds is 8. The fourth-order valence-corrected chi connectivity index (χ4v) is 2.21. The molecule has 2 aromatic rings. The number of amides is 1. The van der Waals surface area contributed by atoms with Crippen LogP contribution in [0.1, 0.15) is 12.5 Å².